The van der Waals surface area contributed by atoms with Gasteiger partial charge in [0.25, 0.3) is 0 Å². The summed E-state index contributed by atoms with van der Waals surface area (Å²) < 4.78 is 7.56. The highest BCUT2D eigenvalue weighted by atomic mass is 16.5. The number of nitrogens with one attached hydrogen (secondary N) is 1. The lowest BCUT2D eigenvalue weighted by atomic mass is 10.2. The second-order valence-electron chi connectivity index (χ2n) is 4.71. The molecule has 0 amide bonds. The highest BCUT2D eigenvalue weighted by Gasteiger charge is 2.13. The summed E-state index contributed by atoms with van der Waals surface area (Å²) in [5.41, 5.74) is 2.09. The zero-order valence-electron chi connectivity index (χ0n) is 12.2. The topological polar surface area (TPSA) is 39.1 Å². The number of rotatable bonds is 8. The molecule has 0 aliphatic rings. The molecule has 1 aromatic heterocycles. The van der Waals surface area contributed by atoms with Crippen LogP contribution in [0.1, 0.15) is 32.0 Å². The molecule has 0 saturated carbocycles. The summed E-state index contributed by atoms with van der Waals surface area (Å²) in [7, 11) is 0. The molecular weight excluding hydrogens is 250 g/mol. The first-order valence-electron chi connectivity index (χ1n) is 7.27. The number of aromatic nitrogens is 2. The first-order valence-corrected chi connectivity index (χ1v) is 7.27. The van der Waals surface area contributed by atoms with Crippen molar-refractivity contribution in [2.45, 2.75) is 26.3 Å². The normalized spacial score (nSPS) is 12.5. The van der Waals surface area contributed by atoms with Gasteiger partial charge >= 0.3 is 0 Å². The first-order chi connectivity index (χ1) is 9.85. The van der Waals surface area contributed by atoms with Crippen LogP contribution in [0, 0.1) is 0 Å². The maximum absolute atomic E-state index is 5.66. The molecular formula is C16H23N3O. The summed E-state index contributed by atoms with van der Waals surface area (Å²) in [5, 5.41) is 8.07. The molecule has 1 heterocycles. The van der Waals surface area contributed by atoms with E-state index in [-0.39, 0.29) is 6.04 Å². The summed E-state index contributed by atoms with van der Waals surface area (Å²) in [6, 6.07) is 12.3. The first kappa shape index (κ1) is 14.8. The molecule has 4 nitrogen and oxygen atoms in total. The van der Waals surface area contributed by atoms with Crippen LogP contribution < -0.4 is 5.32 Å². The van der Waals surface area contributed by atoms with E-state index in [1.165, 1.54) is 0 Å². The van der Waals surface area contributed by atoms with Crippen molar-refractivity contribution in [2.24, 2.45) is 0 Å². The molecule has 0 fully saturated rings. The number of hydrogen-bond acceptors (Lipinski definition) is 3. The van der Waals surface area contributed by atoms with Crippen LogP contribution in [0.5, 0.6) is 0 Å². The highest BCUT2D eigenvalue weighted by Crippen LogP contribution is 2.14. The van der Waals surface area contributed by atoms with E-state index in [9.17, 15) is 0 Å². The van der Waals surface area contributed by atoms with Crippen molar-refractivity contribution < 1.29 is 4.74 Å². The van der Waals surface area contributed by atoms with Crippen LogP contribution in [0.3, 0.4) is 0 Å². The second kappa shape index (κ2) is 7.82. The Kier molecular flexibility index (Phi) is 5.77. The Hall–Kier alpha value is -1.65. The second-order valence-corrected chi connectivity index (χ2v) is 4.71. The molecule has 1 unspecified atom stereocenters. The van der Waals surface area contributed by atoms with Crippen LogP contribution in [0.15, 0.2) is 42.6 Å². The zero-order chi connectivity index (χ0) is 14.2. The fraction of sp³-hybridized carbons (Fsp3) is 0.438. The summed E-state index contributed by atoms with van der Waals surface area (Å²) >= 11 is 0. The van der Waals surface area contributed by atoms with E-state index in [2.05, 4.69) is 30.3 Å². The minimum absolute atomic E-state index is 0.150. The van der Waals surface area contributed by atoms with Crippen molar-refractivity contribution in [3.05, 3.63) is 48.3 Å². The SMILES string of the molecule is CCCOCC(NCC)c1ccn(-c2ccccc2)n1. The average molecular weight is 273 g/mol. The summed E-state index contributed by atoms with van der Waals surface area (Å²) in [5.74, 6) is 0. The van der Waals surface area contributed by atoms with Gasteiger partial charge in [0.2, 0.25) is 0 Å². The Morgan fingerprint density at radius 1 is 1.20 bits per heavy atom. The van der Waals surface area contributed by atoms with Crippen molar-refractivity contribution in [3.63, 3.8) is 0 Å². The Labute approximate surface area is 120 Å². The lowest BCUT2D eigenvalue weighted by Gasteiger charge is -2.15. The minimum Gasteiger partial charge on any atom is -0.379 e. The van der Waals surface area contributed by atoms with E-state index in [1.54, 1.807) is 0 Å². The van der Waals surface area contributed by atoms with E-state index in [4.69, 9.17) is 4.74 Å². The third-order valence-electron chi connectivity index (χ3n) is 3.07. The third-order valence-corrected chi connectivity index (χ3v) is 3.07. The molecule has 1 N–H and O–H groups in total. The van der Waals surface area contributed by atoms with Crippen LogP contribution in [0.25, 0.3) is 5.69 Å². The van der Waals surface area contributed by atoms with Crippen LogP contribution >= 0.6 is 0 Å². The van der Waals surface area contributed by atoms with Gasteiger partial charge in [0.1, 0.15) is 0 Å². The van der Waals surface area contributed by atoms with Gasteiger partial charge in [0, 0.05) is 12.8 Å². The highest BCUT2D eigenvalue weighted by molar-refractivity contribution is 5.30. The Bertz CT molecular complexity index is 495. The largest absolute Gasteiger partial charge is 0.379 e. The Morgan fingerprint density at radius 2 is 2.00 bits per heavy atom. The number of likely N-dealkylation sites (N-methyl/N-ethyl adjacent to an activating group) is 1. The van der Waals surface area contributed by atoms with Gasteiger partial charge in [-0.05, 0) is 31.2 Å². The lowest BCUT2D eigenvalue weighted by molar-refractivity contribution is 0.111. The molecule has 2 aromatic rings. The van der Waals surface area contributed by atoms with Crippen LogP contribution in [0.2, 0.25) is 0 Å². The summed E-state index contributed by atoms with van der Waals surface area (Å²) in [6.45, 7) is 6.57. The van der Waals surface area contributed by atoms with Gasteiger partial charge in [-0.15, -0.1) is 0 Å². The van der Waals surface area contributed by atoms with E-state index in [1.807, 2.05) is 41.2 Å². The van der Waals surface area contributed by atoms with Crippen molar-refractivity contribution in [3.8, 4) is 5.69 Å². The molecule has 2 rings (SSSR count). The van der Waals surface area contributed by atoms with Crippen molar-refractivity contribution in [1.29, 1.82) is 0 Å². The molecule has 0 aliphatic carbocycles. The van der Waals surface area contributed by atoms with Crippen molar-refractivity contribution >= 4 is 0 Å². The van der Waals surface area contributed by atoms with Gasteiger partial charge in [0.15, 0.2) is 0 Å². The molecule has 0 saturated heterocycles. The minimum atomic E-state index is 0.150. The van der Waals surface area contributed by atoms with E-state index >= 15 is 0 Å². The molecule has 1 atom stereocenters. The van der Waals surface area contributed by atoms with Gasteiger partial charge in [-0.2, -0.15) is 5.10 Å². The monoisotopic (exact) mass is 273 g/mol. The van der Waals surface area contributed by atoms with E-state index < -0.39 is 0 Å². The zero-order valence-corrected chi connectivity index (χ0v) is 12.2. The summed E-state index contributed by atoms with van der Waals surface area (Å²) in [6.07, 6.45) is 3.03. The predicted molar refractivity (Wildman–Crippen MR) is 81.1 cm³/mol. The van der Waals surface area contributed by atoms with E-state index in [0.717, 1.165) is 31.0 Å². The molecule has 1 aromatic carbocycles. The fourth-order valence-corrected chi connectivity index (χ4v) is 2.09. The standard InChI is InChI=1S/C16H23N3O/c1-3-12-20-13-16(17-4-2)15-10-11-19(18-15)14-8-6-5-7-9-14/h5-11,16-17H,3-4,12-13H2,1-2H3. The molecule has 0 aliphatic heterocycles. The third kappa shape index (κ3) is 3.92. The number of nitrogens with zero attached hydrogens (tertiary/aromatic N) is 2. The maximum atomic E-state index is 5.66. The lowest BCUT2D eigenvalue weighted by Crippen LogP contribution is -2.26. The number of hydrogen-bond donors (Lipinski definition) is 1. The van der Waals surface area contributed by atoms with Crippen molar-refractivity contribution in [1.82, 2.24) is 15.1 Å². The number of para-hydroxylation sites is 1. The molecule has 0 bridgehead atoms. The van der Waals surface area contributed by atoms with Gasteiger partial charge in [-0.25, -0.2) is 4.68 Å². The van der Waals surface area contributed by atoms with Gasteiger partial charge < -0.3 is 10.1 Å². The van der Waals surface area contributed by atoms with Gasteiger partial charge in [-0.3, -0.25) is 0 Å². The molecule has 20 heavy (non-hydrogen) atoms. The Balaban J connectivity index is 2.08. The van der Waals surface area contributed by atoms with E-state index in [0.29, 0.717) is 6.61 Å². The predicted octanol–water partition coefficient (Wildman–Crippen LogP) is 2.95. The maximum Gasteiger partial charge on any atom is 0.0821 e. The summed E-state index contributed by atoms with van der Waals surface area (Å²) in [4.78, 5) is 0. The van der Waals surface area contributed by atoms with Gasteiger partial charge in [-0.1, -0.05) is 32.0 Å². The van der Waals surface area contributed by atoms with Gasteiger partial charge in [0.05, 0.1) is 24.0 Å². The Morgan fingerprint density at radius 3 is 2.70 bits per heavy atom. The molecule has 4 heteroatoms. The molecule has 0 radical (unpaired) electrons. The quantitative estimate of drug-likeness (QED) is 0.752. The smallest absolute Gasteiger partial charge is 0.0821 e. The molecule has 108 valence electrons. The van der Waals surface area contributed by atoms with Crippen molar-refractivity contribution in [2.75, 3.05) is 19.8 Å². The molecule has 0 spiro atoms. The van der Waals surface area contributed by atoms with Crippen LogP contribution in [0.4, 0.5) is 0 Å². The van der Waals surface area contributed by atoms with Crippen LogP contribution in [-0.4, -0.2) is 29.5 Å². The fourth-order valence-electron chi connectivity index (χ4n) is 2.09. The van der Waals surface area contributed by atoms with Crippen LogP contribution in [-0.2, 0) is 4.74 Å². The number of benzene rings is 1. The average Bonchev–Trinajstić information content (AvgIpc) is 2.97. The number of ether oxygens (including phenoxy) is 1.